The molecule has 0 aliphatic carbocycles. The summed E-state index contributed by atoms with van der Waals surface area (Å²) in [5.41, 5.74) is 6.28. The summed E-state index contributed by atoms with van der Waals surface area (Å²) in [6.07, 6.45) is 5.08. The molecule has 1 heterocycles. The van der Waals surface area contributed by atoms with E-state index in [-0.39, 0.29) is 24.5 Å². The average Bonchev–Trinajstić information content (AvgIpc) is 3.18. The topological polar surface area (TPSA) is 130 Å². The Balaban J connectivity index is 0.000000809. The molecule has 4 N–H and O–H groups in total. The fraction of sp³-hybridized carbons (Fsp3) is 0.560. The third kappa shape index (κ3) is 13.2. The van der Waals surface area contributed by atoms with Crippen LogP contribution in [0.1, 0.15) is 50.5 Å². The van der Waals surface area contributed by atoms with E-state index in [0.29, 0.717) is 19.4 Å². The van der Waals surface area contributed by atoms with Gasteiger partial charge in [0.25, 0.3) is 0 Å². The fourth-order valence-corrected chi connectivity index (χ4v) is 3.59. The van der Waals surface area contributed by atoms with Crippen molar-refractivity contribution < 1.29 is 42.5 Å². The van der Waals surface area contributed by atoms with Gasteiger partial charge < -0.3 is 25.6 Å². The maximum Gasteiger partial charge on any atom is 0.490 e. The van der Waals surface area contributed by atoms with Crippen molar-refractivity contribution in [3.05, 3.63) is 48.0 Å². The van der Waals surface area contributed by atoms with Gasteiger partial charge in [0.15, 0.2) is 0 Å². The van der Waals surface area contributed by atoms with E-state index in [0.717, 1.165) is 50.6 Å². The van der Waals surface area contributed by atoms with Crippen LogP contribution in [0.4, 0.5) is 13.2 Å². The Morgan fingerprint density at radius 2 is 1.75 bits per heavy atom. The Bertz CT molecular complexity index is 833. The average molecular weight is 517 g/mol. The van der Waals surface area contributed by atoms with Crippen molar-refractivity contribution in [1.29, 1.82) is 0 Å². The van der Waals surface area contributed by atoms with E-state index in [9.17, 15) is 27.9 Å². The van der Waals surface area contributed by atoms with Crippen LogP contribution in [0.3, 0.4) is 0 Å². The van der Waals surface area contributed by atoms with Gasteiger partial charge in [-0.25, -0.2) is 4.79 Å². The highest BCUT2D eigenvalue weighted by Gasteiger charge is 2.38. The summed E-state index contributed by atoms with van der Waals surface area (Å²) in [7, 11) is 0. The Hall–Kier alpha value is -2.92. The number of likely N-dealkylation sites (tertiary alicyclic amines) is 1. The lowest BCUT2D eigenvalue weighted by Crippen LogP contribution is -2.32. The van der Waals surface area contributed by atoms with Crippen molar-refractivity contribution in [2.24, 2.45) is 5.73 Å². The summed E-state index contributed by atoms with van der Waals surface area (Å²) in [5, 5.41) is 17.4. The third-order valence-corrected chi connectivity index (χ3v) is 5.43. The second kappa shape index (κ2) is 16.7. The number of carbonyl (C=O) groups is 3. The molecule has 1 amide bonds. The van der Waals surface area contributed by atoms with Gasteiger partial charge in [0.05, 0.1) is 25.3 Å². The predicted octanol–water partition coefficient (Wildman–Crippen LogP) is 3.22. The van der Waals surface area contributed by atoms with Gasteiger partial charge in [0, 0.05) is 19.4 Å². The number of esters is 1. The van der Waals surface area contributed by atoms with Gasteiger partial charge in [-0.2, -0.15) is 13.2 Å². The molecule has 0 unspecified atom stereocenters. The minimum absolute atomic E-state index is 0.0667. The number of unbranched alkanes of at least 4 members (excludes halogenated alkanes) is 4. The number of nitrogens with two attached hydrogens (primary N) is 1. The van der Waals surface area contributed by atoms with Crippen molar-refractivity contribution in [2.75, 3.05) is 19.7 Å². The van der Waals surface area contributed by atoms with Crippen LogP contribution in [-0.4, -0.2) is 71.0 Å². The first kappa shape index (κ1) is 31.1. The minimum Gasteiger partial charge on any atom is -0.475 e. The Kier molecular flexibility index (Phi) is 14.4. The molecule has 1 aromatic rings. The van der Waals surface area contributed by atoms with Crippen molar-refractivity contribution in [1.82, 2.24) is 4.90 Å². The standard InChI is InChI=1S/C23H34N2O4.C2HF3O2/c24-18-23(28)29-16-8-3-1-2-7-15-25-20(12-14-22(25)27)11-13-21(26)17-19-9-5-4-6-10-19;3-2(4,5)1(6)7/h4-6,9-11,13,20-21,26H,1-3,7-8,12,14-18,24H2;(H,6,7)/b13-11+;/t20-,21+;/m0./s1. The number of rotatable bonds is 13. The smallest absolute Gasteiger partial charge is 0.475 e. The number of carboxylic acid groups (broad SMARTS) is 1. The van der Waals surface area contributed by atoms with Crippen LogP contribution in [0, 0.1) is 0 Å². The number of aliphatic carboxylic acids is 1. The van der Waals surface area contributed by atoms with Gasteiger partial charge in [0.2, 0.25) is 5.91 Å². The molecule has 1 aromatic carbocycles. The zero-order valence-electron chi connectivity index (χ0n) is 20.2. The van der Waals surface area contributed by atoms with Gasteiger partial charge in [-0.15, -0.1) is 0 Å². The van der Waals surface area contributed by atoms with E-state index in [4.69, 9.17) is 20.4 Å². The molecule has 0 saturated carbocycles. The third-order valence-electron chi connectivity index (χ3n) is 5.43. The lowest BCUT2D eigenvalue weighted by Gasteiger charge is -2.22. The molecule has 0 aromatic heterocycles. The molecule has 1 aliphatic rings. The Morgan fingerprint density at radius 3 is 2.36 bits per heavy atom. The van der Waals surface area contributed by atoms with Crippen molar-refractivity contribution >= 4 is 17.8 Å². The minimum atomic E-state index is -5.08. The molecule has 1 aliphatic heterocycles. The number of hydrogen-bond donors (Lipinski definition) is 3. The maximum atomic E-state index is 12.2. The molecular formula is C25H35F3N2O6. The first-order valence-corrected chi connectivity index (χ1v) is 11.9. The molecule has 1 fully saturated rings. The molecule has 11 heteroatoms. The Labute approximate surface area is 208 Å². The second-order valence-electron chi connectivity index (χ2n) is 8.33. The molecule has 0 radical (unpaired) electrons. The molecule has 8 nitrogen and oxygen atoms in total. The summed E-state index contributed by atoms with van der Waals surface area (Å²) in [6, 6.07) is 9.99. The largest absolute Gasteiger partial charge is 0.490 e. The number of ether oxygens (including phenoxy) is 1. The van der Waals surface area contributed by atoms with E-state index < -0.39 is 18.2 Å². The number of amides is 1. The van der Waals surface area contributed by atoms with E-state index in [1.807, 2.05) is 47.4 Å². The molecule has 0 bridgehead atoms. The molecule has 36 heavy (non-hydrogen) atoms. The zero-order chi connectivity index (χ0) is 27.0. The number of aliphatic hydroxyl groups excluding tert-OH is 1. The highest BCUT2D eigenvalue weighted by molar-refractivity contribution is 5.79. The number of carboxylic acids is 1. The lowest BCUT2D eigenvalue weighted by molar-refractivity contribution is -0.192. The van der Waals surface area contributed by atoms with Crippen LogP contribution in [-0.2, 0) is 25.5 Å². The van der Waals surface area contributed by atoms with E-state index in [2.05, 4.69) is 0 Å². The fourth-order valence-electron chi connectivity index (χ4n) is 3.59. The highest BCUT2D eigenvalue weighted by atomic mass is 19.4. The van der Waals surface area contributed by atoms with Crippen LogP contribution >= 0.6 is 0 Å². The SMILES string of the molecule is NCC(=O)OCCCCCCCN1C(=O)CC[C@@H]1/C=C/[C@@H](O)Cc1ccccc1.O=C(O)C(F)(F)F. The highest BCUT2D eigenvalue weighted by Crippen LogP contribution is 2.21. The van der Waals surface area contributed by atoms with Crippen LogP contribution < -0.4 is 5.73 Å². The monoisotopic (exact) mass is 516 g/mol. The molecule has 1 saturated heterocycles. The van der Waals surface area contributed by atoms with Crippen molar-refractivity contribution in [3.63, 3.8) is 0 Å². The number of benzene rings is 1. The van der Waals surface area contributed by atoms with Gasteiger partial charge >= 0.3 is 18.1 Å². The molecular weight excluding hydrogens is 481 g/mol. The summed E-state index contributed by atoms with van der Waals surface area (Å²) in [6.45, 7) is 1.12. The van der Waals surface area contributed by atoms with Gasteiger partial charge in [-0.1, -0.05) is 61.7 Å². The number of aliphatic hydroxyl groups is 1. The van der Waals surface area contributed by atoms with E-state index in [1.54, 1.807) is 0 Å². The summed E-state index contributed by atoms with van der Waals surface area (Å²) in [5.74, 6) is -2.91. The first-order valence-electron chi connectivity index (χ1n) is 11.9. The van der Waals surface area contributed by atoms with Crippen LogP contribution in [0.2, 0.25) is 0 Å². The summed E-state index contributed by atoms with van der Waals surface area (Å²) >= 11 is 0. The summed E-state index contributed by atoms with van der Waals surface area (Å²) in [4.78, 5) is 34.0. The summed E-state index contributed by atoms with van der Waals surface area (Å²) < 4.78 is 36.7. The molecule has 202 valence electrons. The van der Waals surface area contributed by atoms with Crippen LogP contribution in [0.25, 0.3) is 0 Å². The van der Waals surface area contributed by atoms with E-state index >= 15 is 0 Å². The van der Waals surface area contributed by atoms with Crippen molar-refractivity contribution in [3.8, 4) is 0 Å². The number of carbonyl (C=O) groups excluding carboxylic acids is 2. The number of alkyl halides is 3. The number of hydrogen-bond acceptors (Lipinski definition) is 6. The lowest BCUT2D eigenvalue weighted by atomic mass is 10.1. The first-order chi connectivity index (χ1) is 17.0. The molecule has 0 spiro atoms. The number of halogens is 3. The molecule has 2 atom stereocenters. The van der Waals surface area contributed by atoms with E-state index in [1.165, 1.54) is 0 Å². The predicted molar refractivity (Wildman–Crippen MR) is 127 cm³/mol. The maximum absolute atomic E-state index is 12.2. The second-order valence-corrected chi connectivity index (χ2v) is 8.33. The number of nitrogens with zero attached hydrogens (tertiary/aromatic N) is 1. The quantitative estimate of drug-likeness (QED) is 0.208. The Morgan fingerprint density at radius 1 is 1.14 bits per heavy atom. The van der Waals surface area contributed by atoms with Gasteiger partial charge in [-0.3, -0.25) is 9.59 Å². The molecule has 2 rings (SSSR count). The van der Waals surface area contributed by atoms with Crippen LogP contribution in [0.15, 0.2) is 42.5 Å². The van der Waals surface area contributed by atoms with Crippen molar-refractivity contribution in [2.45, 2.75) is 69.7 Å². The van der Waals surface area contributed by atoms with Gasteiger partial charge in [0.1, 0.15) is 0 Å². The zero-order valence-corrected chi connectivity index (χ0v) is 20.2. The van der Waals surface area contributed by atoms with Crippen LogP contribution in [0.5, 0.6) is 0 Å². The van der Waals surface area contributed by atoms with Gasteiger partial charge in [-0.05, 0) is 24.8 Å². The normalized spacial score (nSPS) is 16.5.